The van der Waals surface area contributed by atoms with Gasteiger partial charge in [0.05, 0.1) is 19.3 Å². The highest BCUT2D eigenvalue weighted by Crippen LogP contribution is 2.40. The molecule has 0 aromatic heterocycles. The average molecular weight is 441 g/mol. The molecular weight excluding hydrogens is 415 g/mol. The van der Waals surface area contributed by atoms with Crippen LogP contribution in [0.1, 0.15) is 30.5 Å². The average Bonchev–Trinajstić information content (AvgIpc) is 2.76. The molecule has 7 heteroatoms. The van der Waals surface area contributed by atoms with Gasteiger partial charge in [-0.25, -0.2) is 0 Å². The smallest absolute Gasteiger partial charge is 0.268 e. The van der Waals surface area contributed by atoms with Crippen LogP contribution in [-0.4, -0.2) is 11.2 Å². The number of hydrogen-bond donors (Lipinski definition) is 1. The van der Waals surface area contributed by atoms with E-state index in [9.17, 15) is 14.6 Å². The van der Waals surface area contributed by atoms with Crippen LogP contribution in [0.4, 0.5) is 0 Å². The Bertz CT molecular complexity index is 1030. The molecule has 3 rings (SSSR count). The SMILES string of the molecule is CC(C)OP(=O)([O-])OCc1cccc(-c2ccc(OCc3ccccc3CO)cc2)c1. The minimum absolute atomic E-state index is 0.0239. The van der Waals surface area contributed by atoms with Gasteiger partial charge in [-0.2, -0.15) is 0 Å². The fourth-order valence-electron chi connectivity index (χ4n) is 3.04. The molecule has 6 nitrogen and oxygen atoms in total. The van der Waals surface area contributed by atoms with Gasteiger partial charge in [0.15, 0.2) is 0 Å². The maximum atomic E-state index is 11.8. The van der Waals surface area contributed by atoms with Crippen molar-refractivity contribution in [3.05, 3.63) is 89.5 Å². The Morgan fingerprint density at radius 3 is 2.29 bits per heavy atom. The van der Waals surface area contributed by atoms with E-state index in [2.05, 4.69) is 0 Å². The molecule has 0 fully saturated rings. The largest absolute Gasteiger partial charge is 0.756 e. The Morgan fingerprint density at radius 1 is 0.903 bits per heavy atom. The van der Waals surface area contributed by atoms with Crippen LogP contribution in [0.5, 0.6) is 5.75 Å². The van der Waals surface area contributed by atoms with Crippen molar-refractivity contribution in [2.45, 2.75) is 39.8 Å². The van der Waals surface area contributed by atoms with Crippen molar-refractivity contribution in [1.29, 1.82) is 0 Å². The predicted octanol–water partition coefficient (Wildman–Crippen LogP) is 4.83. The van der Waals surface area contributed by atoms with Gasteiger partial charge in [0.2, 0.25) is 0 Å². The van der Waals surface area contributed by atoms with Gasteiger partial charge in [-0.05, 0) is 59.9 Å². The summed E-state index contributed by atoms with van der Waals surface area (Å²) in [5.41, 5.74) is 4.41. The van der Waals surface area contributed by atoms with Crippen LogP contribution in [0.25, 0.3) is 11.1 Å². The summed E-state index contributed by atoms with van der Waals surface area (Å²) >= 11 is 0. The number of ether oxygens (including phenoxy) is 1. The highest BCUT2D eigenvalue weighted by atomic mass is 31.2. The van der Waals surface area contributed by atoms with Crippen LogP contribution in [0.2, 0.25) is 0 Å². The second kappa shape index (κ2) is 10.7. The van der Waals surface area contributed by atoms with Crippen molar-refractivity contribution in [3.8, 4) is 16.9 Å². The lowest BCUT2D eigenvalue weighted by Crippen LogP contribution is -2.12. The quantitative estimate of drug-likeness (QED) is 0.453. The number of phosphoric acid groups is 1. The Hall–Kier alpha value is -2.47. The van der Waals surface area contributed by atoms with Gasteiger partial charge < -0.3 is 23.8 Å². The van der Waals surface area contributed by atoms with Gasteiger partial charge in [0, 0.05) is 0 Å². The van der Waals surface area contributed by atoms with E-state index in [0.29, 0.717) is 12.4 Å². The van der Waals surface area contributed by atoms with Gasteiger partial charge in [-0.3, -0.25) is 4.57 Å². The summed E-state index contributed by atoms with van der Waals surface area (Å²) in [6.45, 7) is 3.52. The first-order chi connectivity index (χ1) is 14.9. The number of phosphoric ester groups is 1. The molecule has 31 heavy (non-hydrogen) atoms. The Kier molecular flexibility index (Phi) is 8.02. The number of aliphatic hydroxyl groups excluding tert-OH is 1. The van der Waals surface area contributed by atoms with Crippen LogP contribution >= 0.6 is 7.82 Å². The molecule has 0 bridgehead atoms. The van der Waals surface area contributed by atoms with Crippen molar-refractivity contribution in [2.75, 3.05) is 0 Å². The zero-order chi connectivity index (χ0) is 22.3. The van der Waals surface area contributed by atoms with E-state index in [1.165, 1.54) is 0 Å². The predicted molar refractivity (Wildman–Crippen MR) is 117 cm³/mol. The van der Waals surface area contributed by atoms with Gasteiger partial charge in [0.25, 0.3) is 7.82 Å². The summed E-state index contributed by atoms with van der Waals surface area (Å²) < 4.78 is 27.4. The molecule has 0 spiro atoms. The van der Waals surface area contributed by atoms with Crippen LogP contribution in [0.15, 0.2) is 72.8 Å². The van der Waals surface area contributed by atoms with Crippen molar-refractivity contribution in [3.63, 3.8) is 0 Å². The van der Waals surface area contributed by atoms with E-state index in [-0.39, 0.29) is 13.2 Å². The number of benzene rings is 3. The molecule has 1 atom stereocenters. The van der Waals surface area contributed by atoms with E-state index < -0.39 is 13.9 Å². The van der Waals surface area contributed by atoms with Crippen molar-refractivity contribution >= 4 is 7.82 Å². The molecule has 164 valence electrons. The first-order valence-corrected chi connectivity index (χ1v) is 11.5. The van der Waals surface area contributed by atoms with Crippen molar-refractivity contribution in [2.24, 2.45) is 0 Å². The molecule has 0 saturated heterocycles. The highest BCUT2D eigenvalue weighted by Gasteiger charge is 2.12. The van der Waals surface area contributed by atoms with Gasteiger partial charge in [-0.1, -0.05) is 54.6 Å². The van der Waals surface area contributed by atoms with Crippen LogP contribution in [0, 0.1) is 0 Å². The normalized spacial score (nSPS) is 13.2. The summed E-state index contributed by atoms with van der Waals surface area (Å²) in [5, 5.41) is 9.42. The van der Waals surface area contributed by atoms with E-state index in [4.69, 9.17) is 13.8 Å². The molecule has 0 aliphatic carbocycles. The maximum absolute atomic E-state index is 11.8. The first-order valence-electron chi connectivity index (χ1n) is 10.00. The fraction of sp³-hybridized carbons (Fsp3) is 0.250. The molecular formula is C24H26O6P-. The molecule has 0 aliphatic rings. The number of rotatable bonds is 10. The monoisotopic (exact) mass is 441 g/mol. The molecule has 0 aliphatic heterocycles. The Morgan fingerprint density at radius 2 is 1.61 bits per heavy atom. The molecule has 3 aromatic rings. The Balaban J connectivity index is 1.63. The summed E-state index contributed by atoms with van der Waals surface area (Å²) in [5.74, 6) is 0.717. The van der Waals surface area contributed by atoms with Crippen LogP contribution in [0.3, 0.4) is 0 Å². The molecule has 3 aromatic carbocycles. The summed E-state index contributed by atoms with van der Waals surface area (Å²) in [6, 6.07) is 22.7. The van der Waals surface area contributed by atoms with Gasteiger partial charge >= 0.3 is 0 Å². The standard InChI is InChI=1S/C24H27O6P/c1-18(2)30-31(26,27)29-16-19-6-5-9-21(14-19)20-10-12-24(13-11-20)28-17-23-8-4-3-7-22(23)15-25/h3-14,18,25H,15-17H2,1-2H3,(H,26,27)/p-1. The van der Waals surface area contributed by atoms with Gasteiger partial charge in [0.1, 0.15) is 12.4 Å². The third-order valence-corrected chi connectivity index (χ3v) is 5.65. The lowest BCUT2D eigenvalue weighted by atomic mass is 10.0. The molecule has 1 N–H and O–H groups in total. The van der Waals surface area contributed by atoms with Gasteiger partial charge in [-0.15, -0.1) is 0 Å². The molecule has 0 amide bonds. The maximum Gasteiger partial charge on any atom is 0.268 e. The molecule has 0 heterocycles. The van der Waals surface area contributed by atoms with E-state index >= 15 is 0 Å². The molecule has 0 radical (unpaired) electrons. The zero-order valence-corrected chi connectivity index (χ0v) is 18.5. The minimum atomic E-state index is -4.33. The van der Waals surface area contributed by atoms with Crippen LogP contribution in [-0.2, 0) is 33.4 Å². The fourth-order valence-corrected chi connectivity index (χ4v) is 3.92. The van der Waals surface area contributed by atoms with Crippen LogP contribution < -0.4 is 9.63 Å². The highest BCUT2D eigenvalue weighted by molar-refractivity contribution is 7.45. The minimum Gasteiger partial charge on any atom is -0.756 e. The zero-order valence-electron chi connectivity index (χ0n) is 17.6. The lowest BCUT2D eigenvalue weighted by molar-refractivity contribution is -0.229. The molecule has 1 unspecified atom stereocenters. The second-order valence-corrected chi connectivity index (χ2v) is 8.68. The topological polar surface area (TPSA) is 88.1 Å². The van der Waals surface area contributed by atoms with E-state index in [1.54, 1.807) is 19.9 Å². The number of aliphatic hydroxyl groups is 1. The van der Waals surface area contributed by atoms with Crippen molar-refractivity contribution in [1.82, 2.24) is 0 Å². The third-order valence-electron chi connectivity index (χ3n) is 4.53. The summed E-state index contributed by atoms with van der Waals surface area (Å²) in [6.07, 6.45) is -0.465. The third kappa shape index (κ3) is 7.03. The lowest BCUT2D eigenvalue weighted by Gasteiger charge is -2.24. The van der Waals surface area contributed by atoms with E-state index in [1.807, 2.05) is 66.7 Å². The number of hydrogen-bond acceptors (Lipinski definition) is 6. The Labute approximate surface area is 182 Å². The van der Waals surface area contributed by atoms with E-state index in [0.717, 1.165) is 27.8 Å². The summed E-state index contributed by atoms with van der Waals surface area (Å²) in [7, 11) is -4.33. The molecule has 0 saturated carbocycles. The second-order valence-electron chi connectivity index (χ2n) is 7.32. The first kappa shape index (κ1) is 23.2. The van der Waals surface area contributed by atoms with Crippen molar-refractivity contribution < 1.29 is 28.3 Å². The summed E-state index contributed by atoms with van der Waals surface area (Å²) in [4.78, 5) is 11.8.